The number of nitrogens with zero attached hydrogens (tertiary/aromatic N) is 1. The lowest BCUT2D eigenvalue weighted by molar-refractivity contribution is 0.371. The predicted octanol–water partition coefficient (Wildman–Crippen LogP) is 1.04. The number of rotatable bonds is 0. The van der Waals surface area contributed by atoms with Crippen LogP contribution in [0.2, 0.25) is 0 Å². The zero-order valence-corrected chi connectivity index (χ0v) is 3.58. The van der Waals surface area contributed by atoms with Gasteiger partial charge in [0.15, 0.2) is 0 Å². The second-order valence-electron chi connectivity index (χ2n) is 0.387. The Morgan fingerprint density at radius 1 is 2.00 bits per heavy atom. The Hall–Kier alpha value is -0.490. The standard InChI is InChI=1S/C2H3NOS/c1-4-2-3-5/h1H3/q+1. The van der Waals surface area contributed by atoms with Gasteiger partial charge in [0, 0.05) is 0 Å². The van der Waals surface area contributed by atoms with Crippen LogP contribution in [0.5, 0.6) is 0 Å². The molecule has 0 fully saturated rings. The first kappa shape index (κ1) is 4.51. The Kier molecular flexibility index (Phi) is 3.17. The molecule has 0 N–H and O–H groups in total. The van der Waals surface area contributed by atoms with Gasteiger partial charge in [0.05, 0.1) is 7.11 Å². The highest BCUT2D eigenvalue weighted by Crippen LogP contribution is 1.67. The normalized spacial score (nSPS) is 4.20. The van der Waals surface area contributed by atoms with Crippen LogP contribution < -0.4 is 0 Å². The van der Waals surface area contributed by atoms with E-state index < -0.39 is 0 Å². The van der Waals surface area contributed by atoms with Gasteiger partial charge in [-0.3, -0.25) is 0 Å². The number of methoxy groups -OCH3 is 1. The minimum Gasteiger partial charge on any atom is -0.395 e. The van der Waals surface area contributed by atoms with Gasteiger partial charge in [0.2, 0.25) is 0 Å². The SMILES string of the molecule is COC#[N+][S]. The maximum atomic E-state index is 4.17. The molecule has 0 amide bonds. The molecule has 0 aromatic rings. The summed E-state index contributed by atoms with van der Waals surface area (Å²) in [5, 5.41) is 0. The lowest BCUT2D eigenvalue weighted by Crippen LogP contribution is -1.56. The number of hydrogen-bond acceptors (Lipinski definition) is 1. The van der Waals surface area contributed by atoms with Gasteiger partial charge in [-0.15, -0.1) is 0 Å². The lowest BCUT2D eigenvalue weighted by Gasteiger charge is -1.55. The summed E-state index contributed by atoms with van der Waals surface area (Å²) in [6.07, 6.45) is 2.05. The molecule has 0 aromatic carbocycles. The fourth-order valence-corrected chi connectivity index (χ4v) is 0.112. The third-order valence-corrected chi connectivity index (χ3v) is 0.203. The Morgan fingerprint density at radius 3 is 2.60 bits per heavy atom. The molecule has 0 saturated heterocycles. The molecular weight excluding hydrogens is 86.1 g/mol. The van der Waals surface area contributed by atoms with Crippen molar-refractivity contribution in [2.24, 2.45) is 0 Å². The second kappa shape index (κ2) is 3.51. The lowest BCUT2D eigenvalue weighted by atomic mass is 11.5. The van der Waals surface area contributed by atoms with Crippen molar-refractivity contribution in [3.8, 4) is 6.26 Å². The molecule has 0 aromatic heterocycles. The van der Waals surface area contributed by atoms with Crippen molar-refractivity contribution in [2.45, 2.75) is 0 Å². The third kappa shape index (κ3) is 3.51. The summed E-state index contributed by atoms with van der Waals surface area (Å²) in [6, 6.07) is 0. The van der Waals surface area contributed by atoms with E-state index in [0.29, 0.717) is 0 Å². The summed E-state index contributed by atoms with van der Waals surface area (Å²) >= 11 is 4.04. The van der Waals surface area contributed by atoms with Gasteiger partial charge >= 0.3 is 19.1 Å². The molecule has 0 aliphatic carbocycles. The molecular formula is C2H3NOS+. The topological polar surface area (TPSA) is 13.6 Å². The monoisotopic (exact) mass is 89.0 g/mol. The van der Waals surface area contributed by atoms with E-state index in [1.807, 2.05) is 0 Å². The molecule has 3 heteroatoms. The van der Waals surface area contributed by atoms with E-state index >= 15 is 0 Å². The van der Waals surface area contributed by atoms with E-state index in [9.17, 15) is 0 Å². The minimum atomic E-state index is 1.44. The zero-order valence-electron chi connectivity index (χ0n) is 2.76. The first-order chi connectivity index (χ1) is 2.41. The summed E-state index contributed by atoms with van der Waals surface area (Å²) < 4.78 is 7.14. The molecule has 2 nitrogen and oxygen atoms in total. The van der Waals surface area contributed by atoms with Crippen LogP contribution in [0.1, 0.15) is 0 Å². The van der Waals surface area contributed by atoms with Crippen molar-refractivity contribution in [3.05, 3.63) is 4.25 Å². The van der Waals surface area contributed by atoms with Crippen LogP contribution in [0.15, 0.2) is 0 Å². The van der Waals surface area contributed by atoms with Gasteiger partial charge in [0.25, 0.3) is 0 Å². The van der Waals surface area contributed by atoms with Crippen molar-refractivity contribution >= 4 is 12.8 Å². The van der Waals surface area contributed by atoms with Gasteiger partial charge in [0.1, 0.15) is 4.25 Å². The molecule has 0 unspecified atom stereocenters. The average Bonchev–Trinajstić information content (AvgIpc) is 1.41. The highest BCUT2D eigenvalue weighted by Gasteiger charge is 1.68. The van der Waals surface area contributed by atoms with E-state index in [1.54, 1.807) is 0 Å². The molecule has 0 aliphatic rings. The molecule has 1 radical (unpaired) electrons. The van der Waals surface area contributed by atoms with Crippen molar-refractivity contribution in [2.75, 3.05) is 7.11 Å². The molecule has 0 atom stereocenters. The van der Waals surface area contributed by atoms with Crippen LogP contribution in [-0.2, 0) is 4.74 Å². The summed E-state index contributed by atoms with van der Waals surface area (Å²) in [7, 11) is 1.44. The van der Waals surface area contributed by atoms with E-state index in [4.69, 9.17) is 0 Å². The quantitative estimate of drug-likeness (QED) is 0.404. The highest BCUT2D eigenvalue weighted by atomic mass is 32.1. The molecule has 0 spiro atoms. The highest BCUT2D eigenvalue weighted by molar-refractivity contribution is 7.82. The van der Waals surface area contributed by atoms with Gasteiger partial charge in [-0.25, -0.2) is 0 Å². The predicted molar refractivity (Wildman–Crippen MR) is 21.8 cm³/mol. The van der Waals surface area contributed by atoms with Crippen LogP contribution in [0.25, 0.3) is 4.25 Å². The zero-order chi connectivity index (χ0) is 4.12. The fraction of sp³-hybridized carbons (Fsp3) is 0.500. The van der Waals surface area contributed by atoms with Crippen LogP contribution in [0, 0.1) is 6.26 Å². The van der Waals surface area contributed by atoms with Crippen LogP contribution in [-0.4, -0.2) is 7.11 Å². The molecule has 0 rings (SSSR count). The molecule has 0 saturated carbocycles. The van der Waals surface area contributed by atoms with Crippen LogP contribution in [0.3, 0.4) is 0 Å². The van der Waals surface area contributed by atoms with Crippen molar-refractivity contribution in [1.29, 1.82) is 0 Å². The Balaban J connectivity index is 2.81. The van der Waals surface area contributed by atoms with E-state index in [2.05, 4.69) is 28.1 Å². The van der Waals surface area contributed by atoms with Crippen molar-refractivity contribution < 1.29 is 4.74 Å². The molecule has 0 heterocycles. The van der Waals surface area contributed by atoms with Gasteiger partial charge in [-0.05, 0) is 0 Å². The minimum absolute atomic E-state index is 1.44. The van der Waals surface area contributed by atoms with Crippen LogP contribution >= 0.6 is 12.8 Å². The summed E-state index contributed by atoms with van der Waals surface area (Å²) in [4.78, 5) is 0. The van der Waals surface area contributed by atoms with Gasteiger partial charge < -0.3 is 4.74 Å². The summed E-state index contributed by atoms with van der Waals surface area (Å²) in [6.45, 7) is 0. The molecule has 5 heavy (non-hydrogen) atoms. The first-order valence-electron chi connectivity index (χ1n) is 1.02. The fourth-order valence-electron chi connectivity index (χ4n) is 0.0373. The Morgan fingerprint density at radius 2 is 2.60 bits per heavy atom. The van der Waals surface area contributed by atoms with Crippen molar-refractivity contribution in [3.63, 3.8) is 0 Å². The van der Waals surface area contributed by atoms with Gasteiger partial charge in [-0.2, -0.15) is 0 Å². The summed E-state index contributed by atoms with van der Waals surface area (Å²) in [5.74, 6) is 0. The first-order valence-corrected chi connectivity index (χ1v) is 1.38. The van der Waals surface area contributed by atoms with E-state index in [-0.39, 0.29) is 0 Å². The maximum Gasteiger partial charge on any atom is 0.545 e. The van der Waals surface area contributed by atoms with Gasteiger partial charge in [-0.1, -0.05) is 0 Å². The largest absolute Gasteiger partial charge is 0.545 e. The van der Waals surface area contributed by atoms with E-state index in [0.717, 1.165) is 0 Å². The number of hydrogen-bond donors (Lipinski definition) is 0. The van der Waals surface area contributed by atoms with Crippen LogP contribution in [0.4, 0.5) is 0 Å². The third-order valence-electron chi connectivity index (χ3n) is 0.129. The molecule has 0 aliphatic heterocycles. The second-order valence-corrected chi connectivity index (χ2v) is 0.569. The molecule has 0 bridgehead atoms. The maximum absolute atomic E-state index is 4.17. The smallest absolute Gasteiger partial charge is 0.395 e. The summed E-state index contributed by atoms with van der Waals surface area (Å²) in [5.41, 5.74) is 0. The Labute approximate surface area is 36.1 Å². The number of ether oxygens (including phenoxy) is 1. The van der Waals surface area contributed by atoms with E-state index in [1.165, 1.54) is 7.11 Å². The molecule has 27 valence electrons. The average molecular weight is 89.1 g/mol. The van der Waals surface area contributed by atoms with Crippen molar-refractivity contribution in [1.82, 2.24) is 0 Å². The Bertz CT molecular complexity index is 61.8.